The number of benzene rings is 2. The molecule has 5 nitrogen and oxygen atoms in total. The summed E-state index contributed by atoms with van der Waals surface area (Å²) in [7, 11) is 0. The van der Waals surface area contributed by atoms with Crippen LogP contribution in [-0.4, -0.2) is 22.5 Å². The highest BCUT2D eigenvalue weighted by Crippen LogP contribution is 2.35. The van der Waals surface area contributed by atoms with Gasteiger partial charge in [-0.2, -0.15) is 5.26 Å². The van der Waals surface area contributed by atoms with Crippen molar-refractivity contribution in [3.05, 3.63) is 48.0 Å². The summed E-state index contributed by atoms with van der Waals surface area (Å²) in [5.74, 6) is 1.26. The van der Waals surface area contributed by atoms with Gasteiger partial charge in [-0.15, -0.1) is 0 Å². The molecule has 4 aromatic rings. The summed E-state index contributed by atoms with van der Waals surface area (Å²) in [6, 6.07) is 16.9. The van der Waals surface area contributed by atoms with E-state index in [1.165, 1.54) is 0 Å². The summed E-state index contributed by atoms with van der Waals surface area (Å²) in [6.07, 6.45) is 2.17. The van der Waals surface area contributed by atoms with Crippen LogP contribution in [0.1, 0.15) is 46.1 Å². The van der Waals surface area contributed by atoms with Gasteiger partial charge in [0.15, 0.2) is 5.65 Å². The number of nitrogens with zero attached hydrogens (tertiary/aromatic N) is 3. The molecule has 0 atom stereocenters. The van der Waals surface area contributed by atoms with Crippen molar-refractivity contribution in [3.63, 3.8) is 0 Å². The van der Waals surface area contributed by atoms with Crippen molar-refractivity contribution in [1.82, 2.24) is 9.38 Å². The number of fused-ring (bicyclic) bond motifs is 5. The van der Waals surface area contributed by atoms with E-state index in [9.17, 15) is 5.26 Å². The van der Waals surface area contributed by atoms with E-state index in [4.69, 9.17) is 4.98 Å². The van der Waals surface area contributed by atoms with Crippen molar-refractivity contribution in [2.45, 2.75) is 40.5 Å². The molecule has 5 heteroatoms. The van der Waals surface area contributed by atoms with E-state index >= 15 is 0 Å². The summed E-state index contributed by atoms with van der Waals surface area (Å²) in [5.41, 5.74) is 6.27. The second-order valence-electron chi connectivity index (χ2n) is 9.07. The molecule has 0 fully saturated rings. The second kappa shape index (κ2) is 8.85. The summed E-state index contributed by atoms with van der Waals surface area (Å²) in [5, 5.41) is 18.2. The first kappa shape index (κ1) is 21.0. The highest BCUT2D eigenvalue weighted by Gasteiger charge is 2.18. The number of hydrogen-bond donors (Lipinski definition) is 2. The van der Waals surface area contributed by atoms with Crippen molar-refractivity contribution in [2.24, 2.45) is 11.8 Å². The zero-order chi connectivity index (χ0) is 22.0. The minimum Gasteiger partial charge on any atom is -0.385 e. The molecule has 0 saturated carbocycles. The molecule has 31 heavy (non-hydrogen) atoms. The maximum atomic E-state index is 10.1. The number of imidazole rings is 1. The molecule has 4 rings (SSSR count). The third-order valence-electron chi connectivity index (χ3n) is 5.73. The molecular formula is C26H31N5. The first-order valence-electron chi connectivity index (χ1n) is 11.2. The van der Waals surface area contributed by atoms with Crippen molar-refractivity contribution < 1.29 is 0 Å². The molecule has 0 amide bonds. The molecular weight excluding hydrogens is 382 g/mol. The summed E-state index contributed by atoms with van der Waals surface area (Å²) < 4.78 is 2.13. The van der Waals surface area contributed by atoms with Gasteiger partial charge in [-0.25, -0.2) is 4.98 Å². The average Bonchev–Trinajstić information content (AvgIpc) is 3.12. The number of hydrogen-bond acceptors (Lipinski definition) is 4. The highest BCUT2D eigenvalue weighted by atomic mass is 15.0. The van der Waals surface area contributed by atoms with E-state index in [-0.39, 0.29) is 0 Å². The molecule has 0 spiro atoms. The number of aromatic nitrogens is 2. The molecule has 0 radical (unpaired) electrons. The van der Waals surface area contributed by atoms with E-state index in [2.05, 4.69) is 73.1 Å². The predicted molar refractivity (Wildman–Crippen MR) is 131 cm³/mol. The molecule has 0 saturated heterocycles. The summed E-state index contributed by atoms with van der Waals surface area (Å²) >= 11 is 0. The predicted octanol–water partition coefficient (Wildman–Crippen LogP) is 6.43. The van der Waals surface area contributed by atoms with Crippen molar-refractivity contribution >= 4 is 39.0 Å². The van der Waals surface area contributed by atoms with Gasteiger partial charge in [0.05, 0.1) is 22.2 Å². The van der Waals surface area contributed by atoms with Crippen LogP contribution in [0.2, 0.25) is 0 Å². The standard InChI is InChI=1S/C26H31N5/c1-17(2)11-13-28-19-9-10-20-24(15-19)31-23-8-6-5-7-22(23)30-26(31)21(16-27)25(20)29-14-12-18(3)4/h5-10,15,17-18,28-29H,11-14H2,1-4H3. The van der Waals surface area contributed by atoms with Crippen LogP contribution in [-0.2, 0) is 0 Å². The lowest BCUT2D eigenvalue weighted by Crippen LogP contribution is -2.09. The topological polar surface area (TPSA) is 65.1 Å². The van der Waals surface area contributed by atoms with Gasteiger partial charge < -0.3 is 10.6 Å². The number of anilines is 2. The van der Waals surface area contributed by atoms with E-state index < -0.39 is 0 Å². The fourth-order valence-electron chi connectivity index (χ4n) is 4.00. The first-order valence-corrected chi connectivity index (χ1v) is 11.2. The third-order valence-corrected chi connectivity index (χ3v) is 5.73. The molecule has 0 unspecified atom stereocenters. The molecule has 2 aromatic heterocycles. The summed E-state index contributed by atoms with van der Waals surface area (Å²) in [6.45, 7) is 10.7. The monoisotopic (exact) mass is 413 g/mol. The normalized spacial score (nSPS) is 11.6. The fraction of sp³-hybridized carbons (Fsp3) is 0.385. The second-order valence-corrected chi connectivity index (χ2v) is 9.07. The number of nitrogens with one attached hydrogen (secondary N) is 2. The number of para-hydroxylation sites is 2. The van der Waals surface area contributed by atoms with Gasteiger partial charge in [0, 0.05) is 24.2 Å². The molecule has 2 aromatic carbocycles. The Morgan fingerprint density at radius 2 is 1.65 bits per heavy atom. The van der Waals surface area contributed by atoms with Crippen LogP contribution in [0.15, 0.2) is 42.5 Å². The van der Waals surface area contributed by atoms with Crippen LogP contribution in [0.5, 0.6) is 0 Å². The molecule has 0 bridgehead atoms. The Kier molecular flexibility index (Phi) is 5.99. The lowest BCUT2D eigenvalue weighted by atomic mass is 10.1. The van der Waals surface area contributed by atoms with E-state index in [1.807, 2.05) is 18.2 Å². The molecule has 0 aliphatic carbocycles. The fourth-order valence-corrected chi connectivity index (χ4v) is 4.00. The largest absolute Gasteiger partial charge is 0.385 e. The lowest BCUT2D eigenvalue weighted by Gasteiger charge is -2.16. The Morgan fingerprint density at radius 1 is 0.935 bits per heavy atom. The maximum Gasteiger partial charge on any atom is 0.158 e. The quantitative estimate of drug-likeness (QED) is 0.349. The smallest absolute Gasteiger partial charge is 0.158 e. The van der Waals surface area contributed by atoms with Crippen LogP contribution in [0.4, 0.5) is 11.4 Å². The van der Waals surface area contributed by atoms with Gasteiger partial charge in [0.25, 0.3) is 0 Å². The molecule has 0 aliphatic heterocycles. The van der Waals surface area contributed by atoms with E-state index in [0.29, 0.717) is 23.0 Å². The van der Waals surface area contributed by atoms with E-state index in [0.717, 1.165) is 59.2 Å². The minimum absolute atomic E-state index is 0.596. The average molecular weight is 414 g/mol. The van der Waals surface area contributed by atoms with Crippen LogP contribution < -0.4 is 10.6 Å². The van der Waals surface area contributed by atoms with Gasteiger partial charge in [-0.3, -0.25) is 4.40 Å². The Labute approximate surface area is 184 Å². The van der Waals surface area contributed by atoms with Crippen LogP contribution >= 0.6 is 0 Å². The minimum atomic E-state index is 0.596. The molecule has 0 aliphatic rings. The van der Waals surface area contributed by atoms with Crippen molar-refractivity contribution in [2.75, 3.05) is 23.7 Å². The Hall–Kier alpha value is -3.26. The van der Waals surface area contributed by atoms with Crippen LogP contribution in [0.25, 0.3) is 27.6 Å². The highest BCUT2D eigenvalue weighted by molar-refractivity contribution is 6.03. The maximum absolute atomic E-state index is 10.1. The Balaban J connectivity index is 1.92. The first-order chi connectivity index (χ1) is 15.0. The van der Waals surface area contributed by atoms with E-state index in [1.54, 1.807) is 0 Å². The number of rotatable bonds is 8. The SMILES string of the molecule is CC(C)CCNc1ccc2c(NCCC(C)C)c(C#N)c3nc4ccccc4n3c2c1. The zero-order valence-electron chi connectivity index (χ0n) is 18.9. The van der Waals surface area contributed by atoms with Gasteiger partial charge in [-0.05, 0) is 55.0 Å². The number of nitriles is 1. The molecule has 2 heterocycles. The van der Waals surface area contributed by atoms with Gasteiger partial charge in [0.1, 0.15) is 11.6 Å². The van der Waals surface area contributed by atoms with Crippen LogP contribution in [0, 0.1) is 23.2 Å². The number of pyridine rings is 1. The van der Waals surface area contributed by atoms with Gasteiger partial charge in [0.2, 0.25) is 0 Å². The van der Waals surface area contributed by atoms with Gasteiger partial charge >= 0.3 is 0 Å². The Bertz CT molecular complexity index is 1260. The van der Waals surface area contributed by atoms with Crippen molar-refractivity contribution in [3.8, 4) is 6.07 Å². The lowest BCUT2D eigenvalue weighted by molar-refractivity contribution is 0.607. The van der Waals surface area contributed by atoms with Gasteiger partial charge in [-0.1, -0.05) is 39.8 Å². The Morgan fingerprint density at radius 3 is 2.35 bits per heavy atom. The zero-order valence-corrected chi connectivity index (χ0v) is 18.9. The molecule has 160 valence electrons. The third kappa shape index (κ3) is 4.16. The summed E-state index contributed by atoms with van der Waals surface area (Å²) in [4.78, 5) is 4.84. The molecule has 2 N–H and O–H groups in total. The van der Waals surface area contributed by atoms with Crippen molar-refractivity contribution in [1.29, 1.82) is 5.26 Å². The van der Waals surface area contributed by atoms with Crippen LogP contribution in [0.3, 0.4) is 0 Å².